The highest BCUT2D eigenvalue weighted by molar-refractivity contribution is 7.89. The monoisotopic (exact) mass is 339 g/mol. The first-order valence-electron chi connectivity index (χ1n) is 7.36. The molecule has 1 aromatic heterocycles. The second kappa shape index (κ2) is 6.41. The molecule has 0 saturated heterocycles. The lowest BCUT2D eigenvalue weighted by molar-refractivity contribution is 0.601. The van der Waals surface area contributed by atoms with E-state index in [0.717, 1.165) is 27.7 Å². The van der Waals surface area contributed by atoms with Crippen LogP contribution in [0.15, 0.2) is 55.2 Å². The molecule has 1 N–H and O–H groups in total. The summed E-state index contributed by atoms with van der Waals surface area (Å²) in [6.07, 6.45) is 4.73. The number of hydrogen-bond acceptors (Lipinski definition) is 5. The van der Waals surface area contributed by atoms with Gasteiger partial charge in [-0.25, -0.2) is 18.4 Å². The van der Waals surface area contributed by atoms with Gasteiger partial charge in [0.15, 0.2) is 9.84 Å². The van der Waals surface area contributed by atoms with Gasteiger partial charge in [0.05, 0.1) is 11.3 Å². The Balaban J connectivity index is 1.89. The molecule has 0 fully saturated rings. The normalized spacial score (nSPS) is 11.4. The Bertz CT molecular complexity index is 1010. The van der Waals surface area contributed by atoms with E-state index in [4.69, 9.17) is 0 Å². The number of sulfone groups is 1. The van der Waals surface area contributed by atoms with E-state index in [1.165, 1.54) is 6.26 Å². The number of benzene rings is 2. The van der Waals surface area contributed by atoms with Gasteiger partial charge in [-0.2, -0.15) is 0 Å². The molecular formula is C18H17N3O2S. The molecule has 5 nitrogen and oxygen atoms in total. The lowest BCUT2D eigenvalue weighted by atomic mass is 10.1. The molecule has 0 aliphatic rings. The van der Waals surface area contributed by atoms with E-state index < -0.39 is 9.84 Å². The first-order valence-corrected chi connectivity index (χ1v) is 9.42. The van der Waals surface area contributed by atoms with Crippen LogP contribution in [0.1, 0.15) is 11.1 Å². The minimum atomic E-state index is -3.07. The number of hydrogen-bond donors (Lipinski definition) is 1. The molecule has 0 atom stereocenters. The molecule has 0 saturated carbocycles. The van der Waals surface area contributed by atoms with E-state index in [2.05, 4.69) is 21.9 Å². The molecule has 6 heteroatoms. The molecule has 1 heterocycles. The number of aromatic nitrogens is 2. The van der Waals surface area contributed by atoms with Gasteiger partial charge in [0.2, 0.25) is 5.95 Å². The van der Waals surface area contributed by atoms with Gasteiger partial charge < -0.3 is 5.32 Å². The number of nitrogens with zero attached hydrogens (tertiary/aromatic N) is 2. The Hall–Kier alpha value is -2.73. The van der Waals surface area contributed by atoms with Gasteiger partial charge in [-0.05, 0) is 29.3 Å². The molecular weight excluding hydrogens is 322 g/mol. The van der Waals surface area contributed by atoms with Crippen molar-refractivity contribution in [1.29, 1.82) is 0 Å². The molecule has 0 amide bonds. The molecule has 0 aliphatic carbocycles. The largest absolute Gasteiger partial charge is 0.324 e. The molecule has 24 heavy (non-hydrogen) atoms. The van der Waals surface area contributed by atoms with Crippen LogP contribution in [0.5, 0.6) is 0 Å². The fraction of sp³-hybridized carbons (Fsp3) is 0.111. The van der Waals surface area contributed by atoms with Crippen molar-refractivity contribution in [3.8, 4) is 0 Å². The summed E-state index contributed by atoms with van der Waals surface area (Å²) in [6, 6.07) is 13.1. The molecule has 0 radical (unpaired) electrons. The van der Waals surface area contributed by atoms with Crippen LogP contribution < -0.4 is 5.32 Å². The summed E-state index contributed by atoms with van der Waals surface area (Å²) in [5.41, 5.74) is 3.27. The first-order chi connectivity index (χ1) is 11.4. The number of anilines is 2. The highest BCUT2D eigenvalue weighted by Crippen LogP contribution is 2.19. The topological polar surface area (TPSA) is 72.0 Å². The van der Waals surface area contributed by atoms with Crippen LogP contribution in [0.2, 0.25) is 0 Å². The van der Waals surface area contributed by atoms with Crippen molar-refractivity contribution >= 4 is 38.5 Å². The standard InChI is InChI=1S/C18H17N3O2S/c1-3-13-7-8-15-11-19-18(21-17(15)10-13)20-16-6-4-5-14(9-16)12-24(2,22)23/h3-11H,1,12H2,2H3,(H,19,20,21). The Morgan fingerprint density at radius 2 is 2.04 bits per heavy atom. The quantitative estimate of drug-likeness (QED) is 0.769. The van der Waals surface area contributed by atoms with Crippen LogP contribution >= 0.6 is 0 Å². The fourth-order valence-corrected chi connectivity index (χ4v) is 3.18. The predicted molar refractivity (Wildman–Crippen MR) is 97.9 cm³/mol. The molecule has 122 valence electrons. The number of nitrogens with one attached hydrogen (secondary N) is 1. The fourth-order valence-electron chi connectivity index (χ4n) is 2.40. The molecule has 0 aliphatic heterocycles. The van der Waals surface area contributed by atoms with Crippen molar-refractivity contribution in [2.45, 2.75) is 5.75 Å². The van der Waals surface area contributed by atoms with E-state index in [-0.39, 0.29) is 5.75 Å². The number of fused-ring (bicyclic) bond motifs is 1. The van der Waals surface area contributed by atoms with Crippen LogP contribution in [-0.2, 0) is 15.6 Å². The van der Waals surface area contributed by atoms with Gasteiger partial charge in [-0.3, -0.25) is 0 Å². The third-order valence-electron chi connectivity index (χ3n) is 3.45. The third kappa shape index (κ3) is 3.97. The van der Waals surface area contributed by atoms with Crippen molar-refractivity contribution in [3.63, 3.8) is 0 Å². The van der Waals surface area contributed by atoms with Gasteiger partial charge in [0, 0.05) is 23.5 Å². The minimum absolute atomic E-state index is 0.00376. The summed E-state index contributed by atoms with van der Waals surface area (Å²) in [4.78, 5) is 8.79. The van der Waals surface area contributed by atoms with Crippen molar-refractivity contribution in [3.05, 3.63) is 66.4 Å². The molecule has 0 unspecified atom stereocenters. The predicted octanol–water partition coefficient (Wildman–Crippen LogP) is 3.56. The maximum absolute atomic E-state index is 11.4. The Kier molecular flexibility index (Phi) is 4.31. The molecule has 2 aromatic carbocycles. The van der Waals surface area contributed by atoms with Gasteiger partial charge in [0.1, 0.15) is 0 Å². The maximum Gasteiger partial charge on any atom is 0.227 e. The summed E-state index contributed by atoms with van der Waals surface area (Å²) in [5.74, 6) is 0.462. The second-order valence-corrected chi connectivity index (χ2v) is 7.75. The van der Waals surface area contributed by atoms with Crippen molar-refractivity contribution in [2.24, 2.45) is 0 Å². The average Bonchev–Trinajstić information content (AvgIpc) is 2.53. The summed E-state index contributed by atoms with van der Waals surface area (Å²) in [6.45, 7) is 3.76. The van der Waals surface area contributed by atoms with Crippen LogP contribution in [0, 0.1) is 0 Å². The first kappa shape index (κ1) is 16.1. The lowest BCUT2D eigenvalue weighted by Gasteiger charge is -2.08. The highest BCUT2D eigenvalue weighted by atomic mass is 32.2. The van der Waals surface area contributed by atoms with Gasteiger partial charge in [0.25, 0.3) is 0 Å². The van der Waals surface area contributed by atoms with Crippen LogP contribution in [0.25, 0.3) is 17.0 Å². The van der Waals surface area contributed by atoms with E-state index in [1.807, 2.05) is 24.3 Å². The summed E-state index contributed by atoms with van der Waals surface area (Å²) in [5, 5.41) is 4.06. The van der Waals surface area contributed by atoms with E-state index in [1.54, 1.807) is 30.5 Å². The minimum Gasteiger partial charge on any atom is -0.324 e. The smallest absolute Gasteiger partial charge is 0.227 e. The average molecular weight is 339 g/mol. The molecule has 0 bridgehead atoms. The van der Waals surface area contributed by atoms with E-state index in [0.29, 0.717) is 5.95 Å². The second-order valence-electron chi connectivity index (χ2n) is 5.61. The highest BCUT2D eigenvalue weighted by Gasteiger charge is 2.06. The summed E-state index contributed by atoms with van der Waals surface area (Å²) in [7, 11) is -3.07. The van der Waals surface area contributed by atoms with Crippen molar-refractivity contribution in [2.75, 3.05) is 11.6 Å². The van der Waals surface area contributed by atoms with Gasteiger partial charge >= 0.3 is 0 Å². The Morgan fingerprint density at radius 1 is 1.21 bits per heavy atom. The molecule has 3 rings (SSSR count). The molecule has 0 spiro atoms. The lowest BCUT2D eigenvalue weighted by Crippen LogP contribution is -2.02. The third-order valence-corrected chi connectivity index (χ3v) is 4.31. The van der Waals surface area contributed by atoms with Crippen LogP contribution in [0.4, 0.5) is 11.6 Å². The van der Waals surface area contributed by atoms with Gasteiger partial charge in [-0.15, -0.1) is 0 Å². The number of rotatable bonds is 5. The van der Waals surface area contributed by atoms with Crippen molar-refractivity contribution in [1.82, 2.24) is 9.97 Å². The SMILES string of the molecule is C=Cc1ccc2cnc(Nc3cccc(CS(C)(=O)=O)c3)nc2c1. The van der Waals surface area contributed by atoms with Crippen LogP contribution in [-0.4, -0.2) is 24.6 Å². The maximum atomic E-state index is 11.4. The summed E-state index contributed by atoms with van der Waals surface area (Å²) >= 11 is 0. The Morgan fingerprint density at radius 3 is 2.79 bits per heavy atom. The van der Waals surface area contributed by atoms with E-state index >= 15 is 0 Å². The zero-order valence-electron chi connectivity index (χ0n) is 13.2. The van der Waals surface area contributed by atoms with E-state index in [9.17, 15) is 8.42 Å². The van der Waals surface area contributed by atoms with Gasteiger partial charge in [-0.1, -0.05) is 36.9 Å². The summed E-state index contributed by atoms with van der Waals surface area (Å²) < 4.78 is 22.8. The van der Waals surface area contributed by atoms with Crippen molar-refractivity contribution < 1.29 is 8.42 Å². The zero-order valence-corrected chi connectivity index (χ0v) is 14.0. The Labute approximate surface area is 141 Å². The molecule has 3 aromatic rings. The zero-order chi connectivity index (χ0) is 17.2. The van der Waals surface area contributed by atoms with Crippen LogP contribution in [0.3, 0.4) is 0 Å².